The minimum Gasteiger partial charge on any atom is -0.384 e. The van der Waals surface area contributed by atoms with Gasteiger partial charge in [-0.15, -0.1) is 0 Å². The topological polar surface area (TPSA) is 57.6 Å². The zero-order valence-electron chi connectivity index (χ0n) is 14.3. The largest absolute Gasteiger partial charge is 0.384 e. The van der Waals surface area contributed by atoms with Crippen LogP contribution in [0.3, 0.4) is 0 Å². The molecule has 2 atom stereocenters. The fourth-order valence-electron chi connectivity index (χ4n) is 2.46. The molecule has 0 aliphatic heterocycles. The van der Waals surface area contributed by atoms with E-state index >= 15 is 0 Å². The molecule has 126 valence electrons. The number of aliphatic hydroxyl groups is 1. The molecule has 0 saturated carbocycles. The van der Waals surface area contributed by atoms with Crippen LogP contribution in [0.1, 0.15) is 39.7 Å². The second-order valence-electron chi connectivity index (χ2n) is 6.41. The molecule has 5 heteroatoms. The van der Waals surface area contributed by atoms with E-state index in [0.29, 0.717) is 12.5 Å². The van der Waals surface area contributed by atoms with Gasteiger partial charge in [0.05, 0.1) is 10.5 Å². The van der Waals surface area contributed by atoms with Crippen LogP contribution in [0.25, 0.3) is 0 Å². The minimum absolute atomic E-state index is 0.277. The first-order valence-corrected chi connectivity index (χ1v) is 9.74. The summed E-state index contributed by atoms with van der Waals surface area (Å²) in [6.07, 6.45) is 2.30. The lowest BCUT2D eigenvalue weighted by atomic mass is 9.95. The maximum atomic E-state index is 11.5. The van der Waals surface area contributed by atoms with Crippen molar-refractivity contribution >= 4 is 9.84 Å². The van der Waals surface area contributed by atoms with Crippen molar-refractivity contribution in [2.45, 2.75) is 44.6 Å². The maximum absolute atomic E-state index is 11.5. The fraction of sp³-hybridized carbons (Fsp3) is 0.647. The Kier molecular flexibility index (Phi) is 6.59. The van der Waals surface area contributed by atoms with Crippen molar-refractivity contribution in [2.24, 2.45) is 5.92 Å². The Labute approximate surface area is 135 Å². The molecule has 0 aliphatic rings. The van der Waals surface area contributed by atoms with Gasteiger partial charge in [-0.3, -0.25) is 0 Å². The van der Waals surface area contributed by atoms with Crippen molar-refractivity contribution in [2.75, 3.05) is 25.9 Å². The lowest BCUT2D eigenvalue weighted by Crippen LogP contribution is -2.40. The first kappa shape index (κ1) is 19.1. The van der Waals surface area contributed by atoms with Crippen molar-refractivity contribution in [3.05, 3.63) is 29.8 Å². The van der Waals surface area contributed by atoms with Gasteiger partial charge in [-0.1, -0.05) is 39.3 Å². The molecular weight excluding hydrogens is 298 g/mol. The molecule has 0 amide bonds. The smallest absolute Gasteiger partial charge is 0.175 e. The summed E-state index contributed by atoms with van der Waals surface area (Å²) < 4.78 is 23.0. The molecule has 0 heterocycles. The van der Waals surface area contributed by atoms with Gasteiger partial charge in [-0.05, 0) is 37.1 Å². The third kappa shape index (κ3) is 5.38. The maximum Gasteiger partial charge on any atom is 0.175 e. The highest BCUT2D eigenvalue weighted by atomic mass is 32.2. The van der Waals surface area contributed by atoms with Gasteiger partial charge < -0.3 is 10.0 Å². The van der Waals surface area contributed by atoms with Gasteiger partial charge in [0.25, 0.3) is 0 Å². The van der Waals surface area contributed by atoms with Crippen molar-refractivity contribution in [1.29, 1.82) is 0 Å². The summed E-state index contributed by atoms with van der Waals surface area (Å²) in [6, 6.07) is 6.52. The zero-order valence-corrected chi connectivity index (χ0v) is 15.2. The first-order chi connectivity index (χ1) is 10.1. The Hall–Kier alpha value is -0.910. The van der Waals surface area contributed by atoms with Gasteiger partial charge in [0.15, 0.2) is 9.84 Å². The minimum atomic E-state index is -3.20. The van der Waals surface area contributed by atoms with Crippen LogP contribution in [0, 0.1) is 5.92 Å². The molecular formula is C17H29NO3S. The number of benzene rings is 1. The number of likely N-dealkylation sites (N-methyl/N-ethyl adjacent to an activating group) is 1. The monoisotopic (exact) mass is 327 g/mol. The summed E-state index contributed by atoms with van der Waals surface area (Å²) in [6.45, 7) is 10.6. The predicted molar refractivity (Wildman–Crippen MR) is 90.7 cm³/mol. The quantitative estimate of drug-likeness (QED) is 0.797. The van der Waals surface area contributed by atoms with E-state index in [0.717, 1.165) is 25.1 Å². The summed E-state index contributed by atoms with van der Waals surface area (Å²) in [4.78, 5) is 2.51. The fourth-order valence-corrected chi connectivity index (χ4v) is 3.09. The van der Waals surface area contributed by atoms with Crippen molar-refractivity contribution in [3.63, 3.8) is 0 Å². The second kappa shape index (κ2) is 7.57. The third-order valence-electron chi connectivity index (χ3n) is 4.15. The molecule has 1 aromatic rings. The first-order valence-electron chi connectivity index (χ1n) is 7.85. The molecule has 0 aliphatic carbocycles. The number of hydrogen-bond donors (Lipinski definition) is 1. The van der Waals surface area contributed by atoms with Crippen molar-refractivity contribution in [1.82, 2.24) is 4.90 Å². The summed E-state index contributed by atoms with van der Waals surface area (Å²) in [5, 5.41) is 10.8. The molecule has 0 aromatic heterocycles. The van der Waals surface area contributed by atoms with E-state index in [1.807, 2.05) is 0 Å². The molecule has 1 rings (SSSR count). The SMILES string of the molecule is CCC(C)CN(CC)CC(C)(O)c1ccc(S(C)(=O)=O)cc1. The molecule has 0 bridgehead atoms. The summed E-state index contributed by atoms with van der Waals surface area (Å²) >= 11 is 0. The van der Waals surface area contributed by atoms with Crippen LogP contribution in [-0.4, -0.2) is 44.3 Å². The Morgan fingerprint density at radius 1 is 1.23 bits per heavy atom. The molecule has 0 radical (unpaired) electrons. The van der Waals surface area contributed by atoms with Gasteiger partial charge >= 0.3 is 0 Å². The molecule has 0 fully saturated rings. The standard InChI is InChI=1S/C17H29NO3S/c1-6-14(3)12-18(7-2)13-17(4,19)15-8-10-16(11-9-15)22(5,20)21/h8-11,14,19H,6-7,12-13H2,1-5H3. The van der Waals surface area contributed by atoms with E-state index < -0.39 is 15.4 Å². The lowest BCUT2D eigenvalue weighted by Gasteiger charge is -2.32. The van der Waals surface area contributed by atoms with Gasteiger partial charge in [0.2, 0.25) is 0 Å². The van der Waals surface area contributed by atoms with E-state index in [9.17, 15) is 13.5 Å². The van der Waals surface area contributed by atoms with Crippen LogP contribution in [0.15, 0.2) is 29.2 Å². The number of nitrogens with zero attached hydrogens (tertiary/aromatic N) is 1. The average molecular weight is 327 g/mol. The summed E-state index contributed by atoms with van der Waals surface area (Å²) in [5.74, 6) is 0.586. The van der Waals surface area contributed by atoms with Crippen LogP contribution in [0.5, 0.6) is 0 Å². The molecule has 0 spiro atoms. The van der Waals surface area contributed by atoms with Crippen molar-refractivity contribution < 1.29 is 13.5 Å². The third-order valence-corrected chi connectivity index (χ3v) is 5.28. The number of hydrogen-bond acceptors (Lipinski definition) is 4. The molecule has 1 N–H and O–H groups in total. The van der Waals surface area contributed by atoms with Gasteiger partial charge in [0, 0.05) is 19.3 Å². The van der Waals surface area contributed by atoms with E-state index in [-0.39, 0.29) is 4.90 Å². The molecule has 4 nitrogen and oxygen atoms in total. The van der Waals surface area contributed by atoms with E-state index in [1.165, 1.54) is 6.26 Å². The molecule has 22 heavy (non-hydrogen) atoms. The van der Waals surface area contributed by atoms with Crippen molar-refractivity contribution in [3.8, 4) is 0 Å². The number of sulfone groups is 1. The normalized spacial score (nSPS) is 16.5. The highest BCUT2D eigenvalue weighted by Crippen LogP contribution is 2.24. The molecule has 0 saturated heterocycles. The van der Waals surface area contributed by atoms with Crippen LogP contribution in [-0.2, 0) is 15.4 Å². The van der Waals surface area contributed by atoms with E-state index in [4.69, 9.17) is 0 Å². The highest BCUT2D eigenvalue weighted by Gasteiger charge is 2.26. The number of rotatable bonds is 8. The zero-order chi connectivity index (χ0) is 17.0. The predicted octanol–water partition coefficient (Wildman–Crippen LogP) is 2.67. The van der Waals surface area contributed by atoms with Gasteiger partial charge in [0.1, 0.15) is 0 Å². The van der Waals surface area contributed by atoms with Crippen LogP contribution in [0.2, 0.25) is 0 Å². The Balaban J connectivity index is 2.88. The average Bonchev–Trinajstić information content (AvgIpc) is 2.45. The van der Waals surface area contributed by atoms with Gasteiger partial charge in [-0.25, -0.2) is 8.42 Å². The second-order valence-corrected chi connectivity index (χ2v) is 8.43. The van der Waals surface area contributed by atoms with Gasteiger partial charge in [-0.2, -0.15) is 0 Å². The molecule has 1 aromatic carbocycles. The Bertz CT molecular complexity index is 564. The lowest BCUT2D eigenvalue weighted by molar-refractivity contribution is 0.0134. The summed E-state index contributed by atoms with van der Waals surface area (Å²) in [5.41, 5.74) is -0.262. The van der Waals surface area contributed by atoms with Crippen LogP contribution < -0.4 is 0 Å². The highest BCUT2D eigenvalue weighted by molar-refractivity contribution is 7.90. The Morgan fingerprint density at radius 3 is 2.18 bits per heavy atom. The van der Waals surface area contributed by atoms with E-state index in [2.05, 4.69) is 25.7 Å². The van der Waals surface area contributed by atoms with Crippen LogP contribution in [0.4, 0.5) is 0 Å². The van der Waals surface area contributed by atoms with Crippen LogP contribution >= 0.6 is 0 Å². The van der Waals surface area contributed by atoms with E-state index in [1.54, 1.807) is 31.2 Å². The Morgan fingerprint density at radius 2 is 1.77 bits per heavy atom. The summed E-state index contributed by atoms with van der Waals surface area (Å²) in [7, 11) is -3.20. The molecule has 2 unspecified atom stereocenters.